The first-order valence-corrected chi connectivity index (χ1v) is 4.63. The van der Waals surface area contributed by atoms with Gasteiger partial charge in [0.2, 0.25) is 0 Å². The first kappa shape index (κ1) is 7.87. The monoisotopic (exact) mass is 224 g/mol. The van der Waals surface area contributed by atoms with Gasteiger partial charge in [0.1, 0.15) is 5.76 Å². The number of hydrogen-bond donors (Lipinski definition) is 0. The summed E-state index contributed by atoms with van der Waals surface area (Å²) in [5, 5.41) is 0. The Labute approximate surface area is 80.2 Å². The molecule has 0 atom stereocenters. The molecule has 1 nitrogen and oxygen atoms in total. The third-order valence-electron chi connectivity index (χ3n) is 2.06. The van der Waals surface area contributed by atoms with Crippen LogP contribution in [0.15, 0.2) is 28.7 Å². The Morgan fingerprint density at radius 2 is 2.25 bits per heavy atom. The van der Waals surface area contributed by atoms with Crippen molar-refractivity contribution in [3.05, 3.63) is 39.9 Å². The zero-order valence-electron chi connectivity index (χ0n) is 6.80. The van der Waals surface area contributed by atoms with E-state index in [-0.39, 0.29) is 0 Å². The van der Waals surface area contributed by atoms with Gasteiger partial charge in [0.25, 0.3) is 0 Å². The van der Waals surface area contributed by atoms with Crippen molar-refractivity contribution in [2.75, 3.05) is 7.11 Å². The molecule has 2 heteroatoms. The van der Waals surface area contributed by atoms with Crippen molar-refractivity contribution in [1.29, 1.82) is 0 Å². The fourth-order valence-electron chi connectivity index (χ4n) is 1.48. The van der Waals surface area contributed by atoms with Crippen molar-refractivity contribution in [3.8, 4) is 0 Å². The number of rotatable bonds is 1. The van der Waals surface area contributed by atoms with Gasteiger partial charge in [0, 0.05) is 10.0 Å². The maximum Gasteiger partial charge on any atom is 0.122 e. The molecule has 0 fully saturated rings. The van der Waals surface area contributed by atoms with Gasteiger partial charge in [-0.2, -0.15) is 0 Å². The maximum absolute atomic E-state index is 5.22. The van der Waals surface area contributed by atoms with Crippen LogP contribution in [0, 0.1) is 0 Å². The predicted octanol–water partition coefficient (Wildman–Crippen LogP) is 2.99. The third kappa shape index (κ3) is 1.16. The fourth-order valence-corrected chi connectivity index (χ4v) is 1.89. The maximum atomic E-state index is 5.22. The number of fused-ring (bicyclic) bond motifs is 1. The van der Waals surface area contributed by atoms with Gasteiger partial charge in [-0.05, 0) is 36.3 Å². The topological polar surface area (TPSA) is 9.23 Å². The van der Waals surface area contributed by atoms with Crippen molar-refractivity contribution >= 4 is 21.7 Å². The first-order chi connectivity index (χ1) is 5.81. The Kier molecular flexibility index (Phi) is 1.93. The average Bonchev–Trinajstić information content (AvgIpc) is 2.46. The minimum Gasteiger partial charge on any atom is -0.496 e. The highest BCUT2D eigenvalue weighted by Crippen LogP contribution is 2.29. The van der Waals surface area contributed by atoms with Gasteiger partial charge in [0.15, 0.2) is 0 Å². The minimum absolute atomic E-state index is 0.984. The summed E-state index contributed by atoms with van der Waals surface area (Å²) in [5.74, 6) is 0.998. The molecule has 2 rings (SSSR count). The van der Waals surface area contributed by atoms with Crippen LogP contribution in [-0.4, -0.2) is 7.11 Å². The Morgan fingerprint density at radius 1 is 1.42 bits per heavy atom. The number of ether oxygens (including phenoxy) is 1. The molecular formula is C10H9BrO. The van der Waals surface area contributed by atoms with Crippen LogP contribution in [0.2, 0.25) is 0 Å². The molecule has 0 amide bonds. The van der Waals surface area contributed by atoms with E-state index in [0.717, 1.165) is 16.7 Å². The summed E-state index contributed by atoms with van der Waals surface area (Å²) in [4.78, 5) is 0. The SMILES string of the molecule is COC1=CCc2cc(Br)ccc21. The van der Waals surface area contributed by atoms with Crippen LogP contribution in [0.3, 0.4) is 0 Å². The highest BCUT2D eigenvalue weighted by atomic mass is 79.9. The summed E-state index contributed by atoms with van der Waals surface area (Å²) in [7, 11) is 1.71. The number of methoxy groups -OCH3 is 1. The van der Waals surface area contributed by atoms with E-state index < -0.39 is 0 Å². The molecule has 0 aromatic heterocycles. The van der Waals surface area contributed by atoms with Crippen molar-refractivity contribution in [2.24, 2.45) is 0 Å². The van der Waals surface area contributed by atoms with Crippen LogP contribution in [0.25, 0.3) is 5.76 Å². The van der Waals surface area contributed by atoms with Crippen molar-refractivity contribution < 1.29 is 4.74 Å². The second kappa shape index (κ2) is 2.94. The van der Waals surface area contributed by atoms with Gasteiger partial charge in [0.05, 0.1) is 7.11 Å². The third-order valence-corrected chi connectivity index (χ3v) is 2.55. The summed E-state index contributed by atoms with van der Waals surface area (Å²) < 4.78 is 6.35. The van der Waals surface area contributed by atoms with Crippen LogP contribution in [0.5, 0.6) is 0 Å². The molecule has 1 aliphatic carbocycles. The van der Waals surface area contributed by atoms with E-state index in [9.17, 15) is 0 Å². The van der Waals surface area contributed by atoms with E-state index >= 15 is 0 Å². The Morgan fingerprint density at radius 3 is 3.00 bits per heavy atom. The summed E-state index contributed by atoms with van der Waals surface area (Å²) in [6.45, 7) is 0. The number of halogens is 1. The number of benzene rings is 1. The van der Waals surface area contributed by atoms with E-state index in [1.165, 1.54) is 11.1 Å². The molecule has 1 aliphatic rings. The molecule has 0 bridgehead atoms. The largest absolute Gasteiger partial charge is 0.496 e. The molecule has 0 N–H and O–H groups in total. The highest BCUT2D eigenvalue weighted by Gasteiger charge is 2.13. The van der Waals surface area contributed by atoms with Gasteiger partial charge in [-0.15, -0.1) is 0 Å². The quantitative estimate of drug-likeness (QED) is 0.713. The first-order valence-electron chi connectivity index (χ1n) is 3.84. The zero-order valence-corrected chi connectivity index (χ0v) is 8.39. The molecule has 1 aromatic rings. The fraction of sp³-hybridized carbons (Fsp3) is 0.200. The lowest BCUT2D eigenvalue weighted by Crippen LogP contribution is -1.85. The molecule has 0 aliphatic heterocycles. The Hall–Kier alpha value is -0.760. The standard InChI is InChI=1S/C10H9BrO/c1-12-10-5-2-7-6-8(11)3-4-9(7)10/h3-6H,2H2,1H3. The van der Waals surface area contributed by atoms with Crippen molar-refractivity contribution in [3.63, 3.8) is 0 Å². The van der Waals surface area contributed by atoms with Gasteiger partial charge < -0.3 is 4.74 Å². The summed E-state index contributed by atoms with van der Waals surface area (Å²) in [5.41, 5.74) is 2.56. The molecule has 0 saturated heterocycles. The Bertz CT molecular complexity index is 342. The van der Waals surface area contributed by atoms with Gasteiger partial charge in [-0.25, -0.2) is 0 Å². The molecular weight excluding hydrogens is 216 g/mol. The van der Waals surface area contributed by atoms with Crippen LogP contribution in [0.4, 0.5) is 0 Å². The molecule has 0 radical (unpaired) electrons. The molecule has 0 spiro atoms. The molecule has 62 valence electrons. The predicted molar refractivity (Wildman–Crippen MR) is 52.8 cm³/mol. The van der Waals surface area contributed by atoms with Crippen LogP contribution < -0.4 is 0 Å². The lowest BCUT2D eigenvalue weighted by Gasteiger charge is -2.03. The molecule has 0 unspecified atom stereocenters. The van der Waals surface area contributed by atoms with Crippen molar-refractivity contribution in [2.45, 2.75) is 6.42 Å². The lowest BCUT2D eigenvalue weighted by molar-refractivity contribution is 0.371. The summed E-state index contributed by atoms with van der Waals surface area (Å²) in [6, 6.07) is 6.26. The lowest BCUT2D eigenvalue weighted by atomic mass is 10.1. The number of allylic oxidation sites excluding steroid dienone is 1. The average molecular weight is 225 g/mol. The molecule has 0 saturated carbocycles. The van der Waals surface area contributed by atoms with Gasteiger partial charge in [-0.3, -0.25) is 0 Å². The molecule has 1 aromatic carbocycles. The van der Waals surface area contributed by atoms with E-state index in [2.05, 4.69) is 34.1 Å². The minimum atomic E-state index is 0.984. The summed E-state index contributed by atoms with van der Waals surface area (Å²) in [6.07, 6.45) is 3.09. The van der Waals surface area contributed by atoms with Crippen LogP contribution >= 0.6 is 15.9 Å². The normalized spacial score (nSPS) is 14.0. The van der Waals surface area contributed by atoms with Crippen LogP contribution in [-0.2, 0) is 11.2 Å². The van der Waals surface area contributed by atoms with Gasteiger partial charge in [-0.1, -0.05) is 15.9 Å². The molecule has 0 heterocycles. The second-order valence-corrected chi connectivity index (χ2v) is 3.69. The Balaban J connectivity index is 2.47. The van der Waals surface area contributed by atoms with Crippen molar-refractivity contribution in [1.82, 2.24) is 0 Å². The number of hydrogen-bond acceptors (Lipinski definition) is 1. The summed E-state index contributed by atoms with van der Waals surface area (Å²) >= 11 is 3.44. The van der Waals surface area contributed by atoms with Crippen LogP contribution in [0.1, 0.15) is 11.1 Å². The van der Waals surface area contributed by atoms with Gasteiger partial charge >= 0.3 is 0 Å². The van der Waals surface area contributed by atoms with E-state index in [1.54, 1.807) is 7.11 Å². The van der Waals surface area contributed by atoms with E-state index in [4.69, 9.17) is 4.74 Å². The van der Waals surface area contributed by atoms with E-state index in [1.807, 2.05) is 6.07 Å². The second-order valence-electron chi connectivity index (χ2n) is 2.78. The molecule has 12 heavy (non-hydrogen) atoms. The van der Waals surface area contributed by atoms with E-state index in [0.29, 0.717) is 0 Å². The smallest absolute Gasteiger partial charge is 0.122 e. The highest BCUT2D eigenvalue weighted by molar-refractivity contribution is 9.10. The zero-order chi connectivity index (χ0) is 8.55.